The largest absolute Gasteiger partial charge is 0.479 e. The van der Waals surface area contributed by atoms with Gasteiger partial charge in [0.05, 0.1) is 11.5 Å². The number of nitro groups is 1. The molecular weight excluding hydrogens is 304 g/mol. The standard InChI is InChI=1S/C12H11ClN2O6/c13-8-5-7(1-2-9(8)15(19)20)10(16)14-12(11(17)18)3-4-21-6-12/h1-2,5H,3-4,6H2,(H,14,16)(H,17,18). The SMILES string of the molecule is O=C(NC1(C(=O)O)CCOC1)c1ccc([N+](=O)[O-])c(Cl)c1. The molecule has 2 N–H and O–H groups in total. The summed E-state index contributed by atoms with van der Waals surface area (Å²) < 4.78 is 5.02. The lowest BCUT2D eigenvalue weighted by molar-refractivity contribution is -0.384. The molecule has 8 nitrogen and oxygen atoms in total. The van der Waals surface area contributed by atoms with Gasteiger partial charge in [0, 0.05) is 24.7 Å². The van der Waals surface area contributed by atoms with E-state index in [1.165, 1.54) is 6.07 Å². The van der Waals surface area contributed by atoms with Crippen molar-refractivity contribution in [3.8, 4) is 0 Å². The summed E-state index contributed by atoms with van der Waals surface area (Å²) >= 11 is 5.72. The van der Waals surface area contributed by atoms with Crippen molar-refractivity contribution in [3.63, 3.8) is 0 Å². The Kier molecular flexibility index (Phi) is 4.10. The predicted octanol–water partition coefficient (Wildman–Crippen LogP) is 1.22. The summed E-state index contributed by atoms with van der Waals surface area (Å²) in [5, 5.41) is 22.1. The number of halogens is 1. The zero-order valence-electron chi connectivity index (χ0n) is 10.7. The first-order chi connectivity index (χ1) is 9.85. The van der Waals surface area contributed by atoms with Gasteiger partial charge in [-0.2, -0.15) is 0 Å². The summed E-state index contributed by atoms with van der Waals surface area (Å²) in [6, 6.07) is 3.43. The number of carbonyl (C=O) groups excluding carboxylic acids is 1. The molecule has 1 amide bonds. The third-order valence-corrected chi connectivity index (χ3v) is 3.49. The Labute approximate surface area is 123 Å². The third-order valence-electron chi connectivity index (χ3n) is 3.19. The Morgan fingerprint density at radius 2 is 2.19 bits per heavy atom. The number of carboxylic acid groups (broad SMARTS) is 1. The lowest BCUT2D eigenvalue weighted by Gasteiger charge is -2.23. The molecule has 9 heteroatoms. The number of aliphatic carboxylic acids is 1. The van der Waals surface area contributed by atoms with E-state index < -0.39 is 22.3 Å². The molecular formula is C12H11ClN2O6. The van der Waals surface area contributed by atoms with E-state index in [0.29, 0.717) is 0 Å². The number of hydrogen-bond donors (Lipinski definition) is 2. The molecule has 1 aliphatic heterocycles. The van der Waals surface area contributed by atoms with E-state index in [0.717, 1.165) is 12.1 Å². The molecule has 21 heavy (non-hydrogen) atoms. The van der Waals surface area contributed by atoms with Crippen LogP contribution in [0.3, 0.4) is 0 Å². The zero-order chi connectivity index (χ0) is 15.6. The van der Waals surface area contributed by atoms with Crippen LogP contribution < -0.4 is 5.32 Å². The van der Waals surface area contributed by atoms with Crippen molar-refractivity contribution < 1.29 is 24.4 Å². The Bertz CT molecular complexity index is 612. The number of nitrogens with one attached hydrogen (secondary N) is 1. The number of carboxylic acids is 1. The summed E-state index contributed by atoms with van der Waals surface area (Å²) in [7, 11) is 0. The molecule has 0 aliphatic carbocycles. The average molecular weight is 315 g/mol. The van der Waals surface area contributed by atoms with Gasteiger partial charge in [0.1, 0.15) is 5.02 Å². The van der Waals surface area contributed by atoms with E-state index >= 15 is 0 Å². The van der Waals surface area contributed by atoms with E-state index in [4.69, 9.17) is 16.3 Å². The number of nitro benzene ring substituents is 1. The van der Waals surface area contributed by atoms with E-state index in [1.54, 1.807) is 0 Å². The summed E-state index contributed by atoms with van der Waals surface area (Å²) in [5.74, 6) is -1.87. The van der Waals surface area contributed by atoms with Crippen LogP contribution in [0, 0.1) is 10.1 Å². The van der Waals surface area contributed by atoms with E-state index in [-0.39, 0.29) is 35.9 Å². The number of nitrogens with zero attached hydrogens (tertiary/aromatic N) is 1. The van der Waals surface area contributed by atoms with Gasteiger partial charge >= 0.3 is 5.97 Å². The van der Waals surface area contributed by atoms with Crippen LogP contribution in [0.15, 0.2) is 18.2 Å². The number of ether oxygens (including phenoxy) is 1. The molecule has 1 aromatic rings. The molecule has 1 fully saturated rings. The van der Waals surface area contributed by atoms with Gasteiger partial charge in [0.15, 0.2) is 5.54 Å². The van der Waals surface area contributed by atoms with Crippen molar-refractivity contribution in [2.45, 2.75) is 12.0 Å². The van der Waals surface area contributed by atoms with E-state index in [9.17, 15) is 24.8 Å². The molecule has 1 saturated heterocycles. The molecule has 0 aromatic heterocycles. The molecule has 0 saturated carbocycles. The normalized spacial score (nSPS) is 21.0. The maximum Gasteiger partial charge on any atom is 0.331 e. The van der Waals surface area contributed by atoms with Gasteiger partial charge in [0.2, 0.25) is 0 Å². The first-order valence-electron chi connectivity index (χ1n) is 5.93. The minimum absolute atomic E-state index is 0.0399. The molecule has 0 radical (unpaired) electrons. The van der Waals surface area contributed by atoms with Crippen molar-refractivity contribution in [1.29, 1.82) is 0 Å². The van der Waals surface area contributed by atoms with Crippen LogP contribution in [0.1, 0.15) is 16.8 Å². The summed E-state index contributed by atoms with van der Waals surface area (Å²) in [5.41, 5.74) is -1.77. The van der Waals surface area contributed by atoms with Crippen LogP contribution in [0.2, 0.25) is 5.02 Å². The minimum Gasteiger partial charge on any atom is -0.479 e. The second-order valence-corrected chi connectivity index (χ2v) is 4.97. The number of amides is 1. The van der Waals surface area contributed by atoms with Gasteiger partial charge in [-0.15, -0.1) is 0 Å². The summed E-state index contributed by atoms with van der Waals surface area (Å²) in [4.78, 5) is 33.4. The topological polar surface area (TPSA) is 119 Å². The van der Waals surface area contributed by atoms with Crippen LogP contribution in [-0.2, 0) is 9.53 Å². The number of carbonyl (C=O) groups is 2. The highest BCUT2D eigenvalue weighted by atomic mass is 35.5. The lowest BCUT2D eigenvalue weighted by Crippen LogP contribution is -2.55. The fourth-order valence-corrected chi connectivity index (χ4v) is 2.22. The second-order valence-electron chi connectivity index (χ2n) is 4.57. The van der Waals surface area contributed by atoms with Crippen LogP contribution >= 0.6 is 11.6 Å². The van der Waals surface area contributed by atoms with Crippen LogP contribution in [0.4, 0.5) is 5.69 Å². The van der Waals surface area contributed by atoms with Gasteiger partial charge in [-0.05, 0) is 12.1 Å². The van der Waals surface area contributed by atoms with Crippen LogP contribution in [0.5, 0.6) is 0 Å². The average Bonchev–Trinajstić information content (AvgIpc) is 2.88. The Morgan fingerprint density at radius 3 is 2.67 bits per heavy atom. The Hall–Kier alpha value is -2.19. The number of benzene rings is 1. The predicted molar refractivity (Wildman–Crippen MR) is 71.4 cm³/mol. The van der Waals surface area contributed by atoms with Gasteiger partial charge in [-0.25, -0.2) is 4.79 Å². The van der Waals surface area contributed by atoms with Crippen LogP contribution in [-0.4, -0.2) is 40.7 Å². The molecule has 0 bridgehead atoms. The first-order valence-corrected chi connectivity index (χ1v) is 6.31. The molecule has 1 aromatic carbocycles. The Morgan fingerprint density at radius 1 is 1.48 bits per heavy atom. The molecule has 1 aliphatic rings. The van der Waals surface area contributed by atoms with Crippen molar-refractivity contribution in [2.75, 3.05) is 13.2 Å². The third kappa shape index (κ3) is 2.96. The first kappa shape index (κ1) is 15.2. The second kappa shape index (κ2) is 5.66. The zero-order valence-corrected chi connectivity index (χ0v) is 11.4. The molecule has 0 spiro atoms. The fraction of sp³-hybridized carbons (Fsp3) is 0.333. The van der Waals surface area contributed by atoms with Crippen molar-refractivity contribution in [3.05, 3.63) is 38.9 Å². The molecule has 1 atom stereocenters. The quantitative estimate of drug-likeness (QED) is 0.637. The maximum atomic E-state index is 12.1. The molecule has 112 valence electrons. The number of rotatable bonds is 4. The summed E-state index contributed by atoms with van der Waals surface area (Å²) in [6.45, 7) is 0.0996. The van der Waals surface area contributed by atoms with Crippen molar-refractivity contribution in [1.82, 2.24) is 5.32 Å². The van der Waals surface area contributed by atoms with Crippen LogP contribution in [0.25, 0.3) is 0 Å². The highest BCUT2D eigenvalue weighted by Crippen LogP contribution is 2.26. The van der Waals surface area contributed by atoms with E-state index in [1.807, 2.05) is 0 Å². The van der Waals surface area contributed by atoms with Gasteiger partial charge in [-0.3, -0.25) is 14.9 Å². The lowest BCUT2D eigenvalue weighted by atomic mass is 9.98. The van der Waals surface area contributed by atoms with Gasteiger partial charge in [-0.1, -0.05) is 11.6 Å². The molecule has 2 rings (SSSR count). The maximum absolute atomic E-state index is 12.1. The van der Waals surface area contributed by atoms with Crippen molar-refractivity contribution >= 4 is 29.2 Å². The van der Waals surface area contributed by atoms with Crippen molar-refractivity contribution in [2.24, 2.45) is 0 Å². The fourth-order valence-electron chi connectivity index (χ4n) is 1.97. The number of hydrogen-bond acceptors (Lipinski definition) is 5. The molecule has 1 heterocycles. The summed E-state index contributed by atoms with van der Waals surface area (Å²) in [6.07, 6.45) is 0.148. The highest BCUT2D eigenvalue weighted by molar-refractivity contribution is 6.33. The van der Waals surface area contributed by atoms with E-state index in [2.05, 4.69) is 5.32 Å². The minimum atomic E-state index is -1.48. The van der Waals surface area contributed by atoms with Gasteiger partial charge in [0.25, 0.3) is 11.6 Å². The highest BCUT2D eigenvalue weighted by Gasteiger charge is 2.44. The molecule has 1 unspecified atom stereocenters. The monoisotopic (exact) mass is 314 g/mol. The van der Waals surface area contributed by atoms with Gasteiger partial charge < -0.3 is 15.2 Å². The Balaban J connectivity index is 2.22. The smallest absolute Gasteiger partial charge is 0.331 e.